The normalized spacial score (nSPS) is 33.0. The second-order valence-electron chi connectivity index (χ2n) is 5.33. The average Bonchev–Trinajstić information content (AvgIpc) is 2.30. The lowest BCUT2D eigenvalue weighted by atomic mass is 9.68. The molecular formula is C14H20NO+. The number of hydrogen-bond acceptors (Lipinski definition) is 1. The van der Waals surface area contributed by atoms with Crippen molar-refractivity contribution in [2.45, 2.75) is 44.1 Å². The van der Waals surface area contributed by atoms with E-state index in [-0.39, 0.29) is 6.10 Å². The summed E-state index contributed by atoms with van der Waals surface area (Å²) in [7, 11) is 2.14. The predicted molar refractivity (Wildman–Crippen MR) is 62.0 cm³/mol. The molecule has 16 heavy (non-hydrogen) atoms. The number of fused-ring (bicyclic) bond motifs is 3. The Bertz CT molecular complexity index is 402. The minimum absolute atomic E-state index is 0.0580. The lowest BCUT2D eigenvalue weighted by Crippen LogP contribution is -2.42. The van der Waals surface area contributed by atoms with Gasteiger partial charge in [0.2, 0.25) is 0 Å². The predicted octanol–water partition coefficient (Wildman–Crippen LogP) is 1.70. The van der Waals surface area contributed by atoms with Crippen molar-refractivity contribution in [1.29, 1.82) is 0 Å². The number of aliphatic hydroxyl groups is 1. The minimum Gasteiger partial charge on any atom is -0.393 e. The molecule has 0 radical (unpaired) electrons. The topological polar surface area (TPSA) is 24.1 Å². The molecule has 1 aromatic rings. The van der Waals surface area contributed by atoms with Crippen LogP contribution in [-0.4, -0.2) is 11.2 Å². The summed E-state index contributed by atoms with van der Waals surface area (Å²) in [6.45, 7) is 0. The van der Waals surface area contributed by atoms with Gasteiger partial charge in [-0.15, -0.1) is 0 Å². The zero-order valence-corrected chi connectivity index (χ0v) is 9.89. The zero-order valence-electron chi connectivity index (χ0n) is 9.89. The molecule has 0 aromatic carbocycles. The highest BCUT2D eigenvalue weighted by molar-refractivity contribution is 5.26. The third kappa shape index (κ3) is 1.47. The number of aliphatic hydroxyl groups excluding tert-OH is 1. The van der Waals surface area contributed by atoms with Crippen LogP contribution in [0.15, 0.2) is 18.3 Å². The molecule has 0 amide bonds. The van der Waals surface area contributed by atoms with Crippen molar-refractivity contribution in [1.82, 2.24) is 0 Å². The number of rotatable bonds is 0. The van der Waals surface area contributed by atoms with Gasteiger partial charge in [-0.25, -0.2) is 4.57 Å². The van der Waals surface area contributed by atoms with Crippen LogP contribution in [0.3, 0.4) is 0 Å². The average molecular weight is 218 g/mol. The molecule has 86 valence electrons. The fraction of sp³-hybridized carbons (Fsp3) is 0.643. The summed E-state index contributed by atoms with van der Waals surface area (Å²) >= 11 is 0. The molecule has 3 unspecified atom stereocenters. The van der Waals surface area contributed by atoms with Gasteiger partial charge in [-0.05, 0) is 37.2 Å². The molecule has 2 nitrogen and oxygen atoms in total. The van der Waals surface area contributed by atoms with Gasteiger partial charge in [-0.2, -0.15) is 0 Å². The van der Waals surface area contributed by atoms with Crippen LogP contribution in [-0.2, 0) is 13.5 Å². The van der Waals surface area contributed by atoms with Crippen molar-refractivity contribution in [2.24, 2.45) is 13.0 Å². The van der Waals surface area contributed by atoms with Crippen LogP contribution in [0.1, 0.15) is 42.9 Å². The maximum atomic E-state index is 10.1. The van der Waals surface area contributed by atoms with Crippen LogP contribution in [0.4, 0.5) is 0 Å². The second kappa shape index (κ2) is 3.85. The van der Waals surface area contributed by atoms with Gasteiger partial charge < -0.3 is 5.11 Å². The molecule has 2 heteroatoms. The van der Waals surface area contributed by atoms with Crippen LogP contribution in [0.2, 0.25) is 0 Å². The van der Waals surface area contributed by atoms with E-state index in [1.54, 1.807) is 0 Å². The standard InChI is InChI=1S/C14H20NO/c1-15-9-3-5-11-10-4-2-6-14(16)12(10)7-8-13(11)15/h3,5,9-10,12,14,16H,2,4,6-8H2,1H3/q+1. The van der Waals surface area contributed by atoms with E-state index in [0.29, 0.717) is 11.8 Å². The molecule has 3 rings (SSSR count). The van der Waals surface area contributed by atoms with Crippen LogP contribution < -0.4 is 4.57 Å². The smallest absolute Gasteiger partial charge is 0.184 e. The lowest BCUT2D eigenvalue weighted by molar-refractivity contribution is -0.680. The van der Waals surface area contributed by atoms with E-state index in [2.05, 4.69) is 29.9 Å². The Morgan fingerprint density at radius 2 is 2.19 bits per heavy atom. The summed E-state index contributed by atoms with van der Waals surface area (Å²) in [5.41, 5.74) is 2.98. The summed E-state index contributed by atoms with van der Waals surface area (Å²) < 4.78 is 2.26. The van der Waals surface area contributed by atoms with Crippen molar-refractivity contribution in [3.63, 3.8) is 0 Å². The van der Waals surface area contributed by atoms with Crippen molar-refractivity contribution in [3.05, 3.63) is 29.6 Å². The Labute approximate surface area is 96.9 Å². The third-order valence-corrected chi connectivity index (χ3v) is 4.48. The van der Waals surface area contributed by atoms with Crippen molar-refractivity contribution >= 4 is 0 Å². The monoisotopic (exact) mass is 218 g/mol. The summed E-state index contributed by atoms with van der Waals surface area (Å²) in [6, 6.07) is 4.41. The van der Waals surface area contributed by atoms with Crippen molar-refractivity contribution in [3.8, 4) is 0 Å². The molecule has 3 atom stereocenters. The van der Waals surface area contributed by atoms with Gasteiger partial charge in [0.15, 0.2) is 11.9 Å². The number of nitrogens with zero attached hydrogens (tertiary/aromatic N) is 1. The minimum atomic E-state index is -0.0580. The molecule has 1 heterocycles. The van der Waals surface area contributed by atoms with Gasteiger partial charge in [0, 0.05) is 18.1 Å². The van der Waals surface area contributed by atoms with Gasteiger partial charge in [0.1, 0.15) is 7.05 Å². The van der Waals surface area contributed by atoms with Gasteiger partial charge >= 0.3 is 0 Å². The Morgan fingerprint density at radius 1 is 1.31 bits per heavy atom. The molecule has 2 aliphatic rings. The number of hydrogen-bond donors (Lipinski definition) is 1. The first-order valence-electron chi connectivity index (χ1n) is 6.43. The summed E-state index contributed by atoms with van der Waals surface area (Å²) in [5, 5.41) is 10.1. The van der Waals surface area contributed by atoms with Crippen LogP contribution >= 0.6 is 0 Å². The number of pyridine rings is 1. The highest BCUT2D eigenvalue weighted by atomic mass is 16.3. The van der Waals surface area contributed by atoms with Crippen LogP contribution in [0.5, 0.6) is 0 Å². The Kier molecular flexibility index (Phi) is 2.47. The van der Waals surface area contributed by atoms with Gasteiger partial charge in [0.05, 0.1) is 6.10 Å². The second-order valence-corrected chi connectivity index (χ2v) is 5.33. The molecule has 0 spiro atoms. The molecule has 2 aliphatic carbocycles. The summed E-state index contributed by atoms with van der Waals surface area (Å²) in [6.07, 6.45) is 7.83. The molecule has 1 fully saturated rings. The first-order valence-corrected chi connectivity index (χ1v) is 6.43. The zero-order chi connectivity index (χ0) is 11.1. The summed E-state index contributed by atoms with van der Waals surface area (Å²) in [5.74, 6) is 1.13. The molecule has 0 saturated heterocycles. The van der Waals surface area contributed by atoms with E-state index in [0.717, 1.165) is 19.3 Å². The quantitative estimate of drug-likeness (QED) is 0.658. The Morgan fingerprint density at radius 3 is 3.06 bits per heavy atom. The highest BCUT2D eigenvalue weighted by Gasteiger charge is 2.39. The molecule has 1 aromatic heterocycles. The third-order valence-electron chi connectivity index (χ3n) is 4.48. The fourth-order valence-corrected chi connectivity index (χ4v) is 3.65. The maximum Gasteiger partial charge on any atom is 0.184 e. The first kappa shape index (κ1) is 10.3. The first-order chi connectivity index (χ1) is 7.77. The highest BCUT2D eigenvalue weighted by Crippen LogP contribution is 2.44. The van der Waals surface area contributed by atoms with E-state index in [1.165, 1.54) is 24.1 Å². The van der Waals surface area contributed by atoms with Gasteiger partial charge in [-0.1, -0.05) is 6.42 Å². The molecule has 1 N–H and O–H groups in total. The molecule has 1 saturated carbocycles. The molecule has 0 bridgehead atoms. The Balaban J connectivity index is 2.02. The SMILES string of the molecule is C[n+]1cccc2c1CCC1C(O)CCCC21. The maximum absolute atomic E-state index is 10.1. The molecule has 0 aliphatic heterocycles. The van der Waals surface area contributed by atoms with E-state index >= 15 is 0 Å². The number of aryl methyl sites for hydroxylation is 1. The van der Waals surface area contributed by atoms with Crippen molar-refractivity contribution in [2.75, 3.05) is 0 Å². The lowest BCUT2D eigenvalue weighted by Gasteiger charge is -2.38. The van der Waals surface area contributed by atoms with E-state index < -0.39 is 0 Å². The van der Waals surface area contributed by atoms with Crippen LogP contribution in [0, 0.1) is 5.92 Å². The largest absolute Gasteiger partial charge is 0.393 e. The molecular weight excluding hydrogens is 198 g/mol. The van der Waals surface area contributed by atoms with E-state index in [9.17, 15) is 5.11 Å². The van der Waals surface area contributed by atoms with E-state index in [1.807, 2.05) is 0 Å². The van der Waals surface area contributed by atoms with Crippen molar-refractivity contribution < 1.29 is 9.67 Å². The summed E-state index contributed by atoms with van der Waals surface area (Å²) in [4.78, 5) is 0. The number of aromatic nitrogens is 1. The fourth-order valence-electron chi connectivity index (χ4n) is 3.65. The Hall–Kier alpha value is -0.890. The van der Waals surface area contributed by atoms with Gasteiger partial charge in [0.25, 0.3) is 0 Å². The van der Waals surface area contributed by atoms with Crippen LogP contribution in [0.25, 0.3) is 0 Å². The van der Waals surface area contributed by atoms with Gasteiger partial charge in [-0.3, -0.25) is 0 Å². The van der Waals surface area contributed by atoms with E-state index in [4.69, 9.17) is 0 Å².